The van der Waals surface area contributed by atoms with Gasteiger partial charge in [-0.05, 0) is 30.4 Å². The highest BCUT2D eigenvalue weighted by Crippen LogP contribution is 2.39. The van der Waals surface area contributed by atoms with Gasteiger partial charge in [-0.1, -0.05) is 24.6 Å². The lowest BCUT2D eigenvalue weighted by Crippen LogP contribution is -2.36. The Morgan fingerprint density at radius 1 is 1.28 bits per heavy atom. The smallest absolute Gasteiger partial charge is 0.0266 e. The molecule has 0 bridgehead atoms. The number of alkyl halides is 1. The summed E-state index contributed by atoms with van der Waals surface area (Å²) < 4.78 is 0. The van der Waals surface area contributed by atoms with Gasteiger partial charge in [0.1, 0.15) is 0 Å². The first-order valence-corrected chi connectivity index (χ1v) is 8.41. The lowest BCUT2D eigenvalue weighted by Gasteiger charge is -2.21. The van der Waals surface area contributed by atoms with Crippen LogP contribution in [0.4, 0.5) is 0 Å². The zero-order valence-electron chi connectivity index (χ0n) is 10.6. The fourth-order valence-corrected chi connectivity index (χ4v) is 4.81. The summed E-state index contributed by atoms with van der Waals surface area (Å²) in [4.78, 5) is 1.48. The molecule has 98 valence electrons. The SMILES string of the molecule is ClCC1CCCC1NCC1CSc2ccccc21. The molecule has 0 amide bonds. The Morgan fingerprint density at radius 3 is 3.06 bits per heavy atom. The first-order valence-electron chi connectivity index (χ1n) is 6.89. The van der Waals surface area contributed by atoms with Crippen molar-refractivity contribution in [2.45, 2.75) is 36.1 Å². The number of hydrogen-bond donors (Lipinski definition) is 1. The maximum Gasteiger partial charge on any atom is 0.0266 e. The minimum Gasteiger partial charge on any atom is -0.313 e. The average Bonchev–Trinajstić information content (AvgIpc) is 3.02. The normalized spacial score (nSPS) is 30.6. The number of fused-ring (bicyclic) bond motifs is 1. The van der Waals surface area contributed by atoms with E-state index in [-0.39, 0.29) is 0 Å². The van der Waals surface area contributed by atoms with Crippen molar-refractivity contribution >= 4 is 23.4 Å². The lowest BCUT2D eigenvalue weighted by atomic mass is 10.00. The van der Waals surface area contributed by atoms with Gasteiger partial charge < -0.3 is 5.32 Å². The van der Waals surface area contributed by atoms with E-state index in [0.29, 0.717) is 17.9 Å². The molecule has 1 heterocycles. The molecule has 0 radical (unpaired) electrons. The predicted octanol–water partition coefficient (Wildman–Crippen LogP) is 3.87. The third kappa shape index (κ3) is 2.56. The van der Waals surface area contributed by atoms with E-state index in [1.165, 1.54) is 35.5 Å². The van der Waals surface area contributed by atoms with Crippen molar-refractivity contribution in [3.63, 3.8) is 0 Å². The summed E-state index contributed by atoms with van der Waals surface area (Å²) in [5.41, 5.74) is 1.54. The van der Waals surface area contributed by atoms with Crippen LogP contribution in [0.15, 0.2) is 29.2 Å². The Labute approximate surface area is 119 Å². The summed E-state index contributed by atoms with van der Waals surface area (Å²) >= 11 is 8.03. The van der Waals surface area contributed by atoms with Crippen molar-refractivity contribution < 1.29 is 0 Å². The highest BCUT2D eigenvalue weighted by atomic mass is 35.5. The Hall–Kier alpha value is -0.180. The van der Waals surface area contributed by atoms with Gasteiger partial charge in [-0.25, -0.2) is 0 Å². The average molecular weight is 282 g/mol. The van der Waals surface area contributed by atoms with Gasteiger partial charge in [0.05, 0.1) is 0 Å². The van der Waals surface area contributed by atoms with Crippen LogP contribution in [-0.2, 0) is 0 Å². The molecule has 1 aromatic carbocycles. The molecule has 1 nitrogen and oxygen atoms in total. The van der Waals surface area contributed by atoms with Crippen LogP contribution in [0.5, 0.6) is 0 Å². The fraction of sp³-hybridized carbons (Fsp3) is 0.600. The number of halogens is 1. The Morgan fingerprint density at radius 2 is 2.17 bits per heavy atom. The molecular formula is C15H20ClNS. The summed E-state index contributed by atoms with van der Waals surface area (Å²) in [6.45, 7) is 1.11. The van der Waals surface area contributed by atoms with Gasteiger partial charge in [0, 0.05) is 35.0 Å². The van der Waals surface area contributed by atoms with E-state index >= 15 is 0 Å². The zero-order chi connectivity index (χ0) is 12.4. The first kappa shape index (κ1) is 12.8. The van der Waals surface area contributed by atoms with E-state index in [1.54, 1.807) is 0 Å². The zero-order valence-corrected chi connectivity index (χ0v) is 12.1. The molecule has 1 fully saturated rings. The van der Waals surface area contributed by atoms with Crippen molar-refractivity contribution in [3.8, 4) is 0 Å². The molecule has 2 aliphatic rings. The molecule has 3 heteroatoms. The molecule has 3 rings (SSSR count). The van der Waals surface area contributed by atoms with Crippen LogP contribution in [0.2, 0.25) is 0 Å². The second-order valence-corrected chi connectivity index (χ2v) is 6.78. The van der Waals surface area contributed by atoms with Gasteiger partial charge in [-0.15, -0.1) is 23.4 Å². The molecule has 0 aromatic heterocycles. The van der Waals surface area contributed by atoms with Crippen molar-refractivity contribution in [1.29, 1.82) is 0 Å². The van der Waals surface area contributed by atoms with Crippen LogP contribution in [0.3, 0.4) is 0 Å². The number of nitrogens with one attached hydrogen (secondary N) is 1. The maximum atomic E-state index is 6.03. The molecule has 1 aromatic rings. The van der Waals surface area contributed by atoms with Gasteiger partial charge >= 0.3 is 0 Å². The predicted molar refractivity (Wildman–Crippen MR) is 79.8 cm³/mol. The molecule has 1 saturated carbocycles. The molecular weight excluding hydrogens is 262 g/mol. The van der Waals surface area contributed by atoms with Crippen molar-refractivity contribution in [2.75, 3.05) is 18.2 Å². The van der Waals surface area contributed by atoms with E-state index in [0.717, 1.165) is 12.4 Å². The molecule has 1 N–H and O–H groups in total. The monoisotopic (exact) mass is 281 g/mol. The Bertz CT molecular complexity index is 409. The molecule has 0 spiro atoms. The van der Waals surface area contributed by atoms with Crippen LogP contribution < -0.4 is 5.32 Å². The van der Waals surface area contributed by atoms with E-state index in [9.17, 15) is 0 Å². The van der Waals surface area contributed by atoms with Crippen LogP contribution in [0, 0.1) is 5.92 Å². The Kier molecular flexibility index (Phi) is 4.17. The summed E-state index contributed by atoms with van der Waals surface area (Å²) in [7, 11) is 0. The van der Waals surface area contributed by atoms with Gasteiger partial charge in [-0.3, -0.25) is 0 Å². The molecule has 0 saturated heterocycles. The van der Waals surface area contributed by atoms with Crippen LogP contribution in [0.25, 0.3) is 0 Å². The van der Waals surface area contributed by atoms with Crippen LogP contribution >= 0.6 is 23.4 Å². The standard InChI is InChI=1S/C15H20ClNS/c16-8-11-4-3-6-14(11)17-9-12-10-18-15-7-2-1-5-13(12)15/h1-2,5,7,11-12,14,17H,3-4,6,8-10H2. The Balaban J connectivity index is 1.58. The lowest BCUT2D eigenvalue weighted by molar-refractivity contribution is 0.421. The second kappa shape index (κ2) is 5.85. The quantitative estimate of drug-likeness (QED) is 0.841. The van der Waals surface area contributed by atoms with Gasteiger partial charge in [0.2, 0.25) is 0 Å². The molecule has 1 aliphatic carbocycles. The van der Waals surface area contributed by atoms with Gasteiger partial charge in [0.25, 0.3) is 0 Å². The summed E-state index contributed by atoms with van der Waals surface area (Å²) in [6.07, 6.45) is 3.95. The fourth-order valence-electron chi connectivity index (χ4n) is 3.18. The van der Waals surface area contributed by atoms with Gasteiger partial charge in [-0.2, -0.15) is 0 Å². The number of benzene rings is 1. The maximum absolute atomic E-state index is 6.03. The molecule has 18 heavy (non-hydrogen) atoms. The third-order valence-electron chi connectivity index (χ3n) is 4.28. The van der Waals surface area contributed by atoms with E-state index < -0.39 is 0 Å². The molecule has 1 aliphatic heterocycles. The van der Waals surface area contributed by atoms with Gasteiger partial charge in [0.15, 0.2) is 0 Å². The minimum atomic E-state index is 0.653. The third-order valence-corrected chi connectivity index (χ3v) is 5.93. The molecule has 3 unspecified atom stereocenters. The number of thioether (sulfide) groups is 1. The van der Waals surface area contributed by atoms with Crippen molar-refractivity contribution in [2.24, 2.45) is 5.92 Å². The summed E-state index contributed by atoms with van der Waals surface area (Å²) in [5, 5.41) is 3.77. The number of hydrogen-bond acceptors (Lipinski definition) is 2. The van der Waals surface area contributed by atoms with E-state index in [1.807, 2.05) is 11.8 Å². The first-order chi connectivity index (χ1) is 8.88. The van der Waals surface area contributed by atoms with Crippen molar-refractivity contribution in [3.05, 3.63) is 29.8 Å². The van der Waals surface area contributed by atoms with Crippen LogP contribution in [0.1, 0.15) is 30.7 Å². The van der Waals surface area contributed by atoms with E-state index in [4.69, 9.17) is 11.6 Å². The largest absolute Gasteiger partial charge is 0.313 e. The highest BCUT2D eigenvalue weighted by molar-refractivity contribution is 7.99. The minimum absolute atomic E-state index is 0.653. The summed E-state index contributed by atoms with van der Waals surface area (Å²) in [6, 6.07) is 9.49. The number of rotatable bonds is 4. The summed E-state index contributed by atoms with van der Waals surface area (Å²) in [5.74, 6) is 3.41. The topological polar surface area (TPSA) is 12.0 Å². The molecule has 3 atom stereocenters. The van der Waals surface area contributed by atoms with Crippen LogP contribution in [-0.4, -0.2) is 24.2 Å². The van der Waals surface area contributed by atoms with E-state index in [2.05, 4.69) is 29.6 Å². The second-order valence-electron chi connectivity index (χ2n) is 5.41. The van der Waals surface area contributed by atoms with Crippen molar-refractivity contribution in [1.82, 2.24) is 5.32 Å². The highest BCUT2D eigenvalue weighted by Gasteiger charge is 2.28.